The average Bonchev–Trinajstić information content (AvgIpc) is 3.23. The first-order chi connectivity index (χ1) is 16.2. The van der Waals surface area contributed by atoms with Crippen molar-refractivity contribution in [3.63, 3.8) is 0 Å². The second-order valence-electron chi connectivity index (χ2n) is 6.98. The number of nitrogens with zero attached hydrogens (tertiary/aromatic N) is 2. The molecule has 9 nitrogen and oxygen atoms in total. The number of alkyl halides is 3. The second kappa shape index (κ2) is 9.10. The minimum Gasteiger partial charge on any atom is -0.457 e. The maximum Gasteiger partial charge on any atom is 0.449 e. The van der Waals surface area contributed by atoms with Crippen molar-refractivity contribution in [1.82, 2.24) is 20.3 Å². The van der Waals surface area contributed by atoms with Crippen LogP contribution in [0.3, 0.4) is 0 Å². The van der Waals surface area contributed by atoms with Crippen LogP contribution in [0.5, 0.6) is 11.5 Å². The number of aromatic amines is 1. The largest absolute Gasteiger partial charge is 0.457 e. The summed E-state index contributed by atoms with van der Waals surface area (Å²) in [7, 11) is 1.49. The molecule has 2 aromatic carbocycles. The average molecular weight is 470 g/mol. The van der Waals surface area contributed by atoms with E-state index in [-0.39, 0.29) is 28.3 Å². The van der Waals surface area contributed by atoms with Crippen molar-refractivity contribution in [1.29, 1.82) is 0 Å². The fraction of sp³-hybridized carbons (Fsp3) is 0.0909. The van der Waals surface area contributed by atoms with Crippen LogP contribution >= 0.6 is 0 Å². The molecular formula is C22H17F3N6O3. The van der Waals surface area contributed by atoms with Gasteiger partial charge in [0.15, 0.2) is 0 Å². The lowest BCUT2D eigenvalue weighted by atomic mass is 10.2. The monoisotopic (exact) mass is 470 g/mol. The molecule has 12 heteroatoms. The molecule has 0 saturated heterocycles. The Kier molecular flexibility index (Phi) is 6.04. The lowest BCUT2D eigenvalue weighted by Crippen LogP contribution is -2.19. The number of amides is 3. The van der Waals surface area contributed by atoms with Gasteiger partial charge in [-0.25, -0.2) is 9.78 Å². The molecule has 0 aliphatic rings. The van der Waals surface area contributed by atoms with Gasteiger partial charge in [-0.3, -0.25) is 9.78 Å². The highest BCUT2D eigenvalue weighted by atomic mass is 19.4. The number of halogens is 3. The van der Waals surface area contributed by atoms with Crippen LogP contribution in [-0.2, 0) is 6.18 Å². The molecule has 0 aliphatic carbocycles. The molecule has 3 amide bonds. The lowest BCUT2D eigenvalue weighted by molar-refractivity contribution is -0.144. The number of urea groups is 1. The molecule has 0 aliphatic heterocycles. The number of rotatable bonds is 5. The van der Waals surface area contributed by atoms with E-state index in [9.17, 15) is 22.8 Å². The number of imidazole rings is 1. The SMILES string of the molecule is CNC(=O)c1cc(Oc2cccc(NC(=O)Nc3ccc4[nH]c(C(F)(F)F)nc4c3)c2)ccn1. The predicted octanol–water partition coefficient (Wildman–Crippen LogP) is 4.77. The number of anilines is 2. The third kappa shape index (κ3) is 5.23. The quantitative estimate of drug-likeness (QED) is 0.335. The van der Waals surface area contributed by atoms with Gasteiger partial charge in [-0.2, -0.15) is 13.2 Å². The molecule has 0 fully saturated rings. The van der Waals surface area contributed by atoms with E-state index >= 15 is 0 Å². The Morgan fingerprint density at radius 3 is 2.44 bits per heavy atom. The highest BCUT2D eigenvalue weighted by molar-refractivity contribution is 6.00. The van der Waals surface area contributed by atoms with E-state index in [0.29, 0.717) is 17.2 Å². The maximum absolute atomic E-state index is 12.8. The summed E-state index contributed by atoms with van der Waals surface area (Å²) in [5.74, 6) is -0.706. The van der Waals surface area contributed by atoms with Crippen LogP contribution < -0.4 is 20.7 Å². The van der Waals surface area contributed by atoms with Gasteiger partial charge in [-0.1, -0.05) is 6.07 Å². The van der Waals surface area contributed by atoms with E-state index < -0.39 is 18.0 Å². The zero-order valence-electron chi connectivity index (χ0n) is 17.5. The van der Waals surface area contributed by atoms with Crippen LogP contribution in [0.15, 0.2) is 60.8 Å². The molecule has 174 valence electrons. The van der Waals surface area contributed by atoms with E-state index in [0.717, 1.165) is 0 Å². The summed E-state index contributed by atoms with van der Waals surface area (Å²) in [6.07, 6.45) is -3.17. The van der Waals surface area contributed by atoms with Crippen molar-refractivity contribution in [3.05, 3.63) is 72.3 Å². The minimum atomic E-state index is -4.60. The topological polar surface area (TPSA) is 121 Å². The van der Waals surface area contributed by atoms with Gasteiger partial charge in [-0.05, 0) is 36.4 Å². The normalized spacial score (nSPS) is 11.2. The van der Waals surface area contributed by atoms with E-state index in [1.54, 1.807) is 30.3 Å². The molecule has 0 saturated carbocycles. The van der Waals surface area contributed by atoms with Crippen LogP contribution in [-0.4, -0.2) is 33.9 Å². The Balaban J connectivity index is 1.43. The van der Waals surface area contributed by atoms with Crippen molar-refractivity contribution < 1.29 is 27.5 Å². The van der Waals surface area contributed by atoms with Gasteiger partial charge in [0.2, 0.25) is 5.82 Å². The van der Waals surface area contributed by atoms with Gasteiger partial charge >= 0.3 is 12.2 Å². The van der Waals surface area contributed by atoms with Crippen molar-refractivity contribution >= 4 is 34.3 Å². The molecule has 0 spiro atoms. The Labute approximate surface area is 190 Å². The van der Waals surface area contributed by atoms with Gasteiger partial charge in [0.1, 0.15) is 17.2 Å². The molecule has 2 aromatic heterocycles. The third-order valence-electron chi connectivity index (χ3n) is 4.53. The standard InChI is InChI=1S/C22H17F3N6O3/c1-26-19(32)18-11-15(7-8-27-18)34-14-4-2-3-12(9-14)28-21(33)29-13-5-6-16-17(10-13)31-20(30-16)22(23,24)25/h2-11H,1H3,(H,26,32)(H,30,31)(H2,28,29,33). The first-order valence-corrected chi connectivity index (χ1v) is 9.82. The van der Waals surface area contributed by atoms with Crippen LogP contribution in [0.25, 0.3) is 11.0 Å². The van der Waals surface area contributed by atoms with E-state index in [2.05, 4.69) is 30.9 Å². The first-order valence-electron chi connectivity index (χ1n) is 9.82. The molecule has 0 bridgehead atoms. The molecule has 0 radical (unpaired) electrons. The number of pyridine rings is 1. The Bertz CT molecular complexity index is 1370. The summed E-state index contributed by atoms with van der Waals surface area (Å²) >= 11 is 0. The van der Waals surface area contributed by atoms with Gasteiger partial charge in [0.25, 0.3) is 5.91 Å². The summed E-state index contributed by atoms with van der Waals surface area (Å²) in [5.41, 5.74) is 1.10. The van der Waals surface area contributed by atoms with Gasteiger partial charge in [0, 0.05) is 36.8 Å². The van der Waals surface area contributed by atoms with E-state index in [1.165, 1.54) is 37.5 Å². The zero-order valence-corrected chi connectivity index (χ0v) is 17.5. The minimum absolute atomic E-state index is 0.0639. The number of hydrogen-bond acceptors (Lipinski definition) is 5. The van der Waals surface area contributed by atoms with E-state index in [4.69, 9.17) is 4.74 Å². The molecule has 4 rings (SSSR count). The maximum atomic E-state index is 12.8. The zero-order chi connectivity index (χ0) is 24.3. The number of nitrogens with one attached hydrogen (secondary N) is 4. The van der Waals surface area contributed by atoms with Crippen molar-refractivity contribution in [2.45, 2.75) is 6.18 Å². The van der Waals surface area contributed by atoms with Gasteiger partial charge in [-0.15, -0.1) is 0 Å². The fourth-order valence-electron chi connectivity index (χ4n) is 3.01. The number of fused-ring (bicyclic) bond motifs is 1. The lowest BCUT2D eigenvalue weighted by Gasteiger charge is -2.10. The molecule has 34 heavy (non-hydrogen) atoms. The van der Waals surface area contributed by atoms with Crippen LogP contribution in [0.4, 0.5) is 29.3 Å². The highest BCUT2D eigenvalue weighted by Gasteiger charge is 2.34. The Hall–Kier alpha value is -4.61. The predicted molar refractivity (Wildman–Crippen MR) is 118 cm³/mol. The molecule has 4 aromatic rings. The second-order valence-corrected chi connectivity index (χ2v) is 6.98. The van der Waals surface area contributed by atoms with Gasteiger partial charge in [0.05, 0.1) is 11.0 Å². The van der Waals surface area contributed by atoms with E-state index in [1.807, 2.05) is 0 Å². The summed E-state index contributed by atoms with van der Waals surface area (Å²) in [6, 6.07) is 13.1. The summed E-state index contributed by atoms with van der Waals surface area (Å²) in [4.78, 5) is 33.8. The Morgan fingerprint density at radius 2 is 1.71 bits per heavy atom. The fourth-order valence-corrected chi connectivity index (χ4v) is 3.01. The Morgan fingerprint density at radius 1 is 0.971 bits per heavy atom. The smallest absolute Gasteiger partial charge is 0.449 e. The summed E-state index contributed by atoms with van der Waals surface area (Å²) < 4.78 is 44.2. The number of hydrogen-bond donors (Lipinski definition) is 4. The summed E-state index contributed by atoms with van der Waals surface area (Å²) in [5, 5.41) is 7.64. The van der Waals surface area contributed by atoms with Crippen LogP contribution in [0.2, 0.25) is 0 Å². The molecule has 2 heterocycles. The molecule has 0 unspecified atom stereocenters. The molecule has 4 N–H and O–H groups in total. The molecule has 0 atom stereocenters. The van der Waals surface area contributed by atoms with Crippen LogP contribution in [0.1, 0.15) is 16.3 Å². The first kappa shape index (κ1) is 22.6. The number of ether oxygens (including phenoxy) is 1. The van der Waals surface area contributed by atoms with Gasteiger partial charge < -0.3 is 25.7 Å². The summed E-state index contributed by atoms with van der Waals surface area (Å²) in [6.45, 7) is 0. The number of carbonyl (C=O) groups is 2. The number of aromatic nitrogens is 3. The van der Waals surface area contributed by atoms with Crippen molar-refractivity contribution in [2.24, 2.45) is 0 Å². The van der Waals surface area contributed by atoms with Crippen molar-refractivity contribution in [3.8, 4) is 11.5 Å². The number of benzene rings is 2. The van der Waals surface area contributed by atoms with Crippen LogP contribution in [0, 0.1) is 0 Å². The third-order valence-corrected chi connectivity index (χ3v) is 4.53. The highest BCUT2D eigenvalue weighted by Crippen LogP contribution is 2.29. The van der Waals surface area contributed by atoms with Crippen molar-refractivity contribution in [2.75, 3.05) is 17.7 Å². The number of H-pyrrole nitrogens is 1. The molecular weight excluding hydrogens is 453 g/mol. The number of carbonyl (C=O) groups excluding carboxylic acids is 2.